The topological polar surface area (TPSA) is 28.9 Å². The largest absolute Gasteiger partial charge is 0.454 e. The summed E-state index contributed by atoms with van der Waals surface area (Å²) < 4.78 is 6.25. The van der Waals surface area contributed by atoms with E-state index in [0.29, 0.717) is 0 Å². The van der Waals surface area contributed by atoms with E-state index in [9.17, 15) is 0 Å². The molecule has 2 heterocycles. The first kappa shape index (κ1) is 13.7. The summed E-state index contributed by atoms with van der Waals surface area (Å²) in [6.07, 6.45) is 0. The number of benzene rings is 3. The maximum absolute atomic E-state index is 6.25. The van der Waals surface area contributed by atoms with Gasteiger partial charge in [0.1, 0.15) is 5.58 Å². The van der Waals surface area contributed by atoms with Gasteiger partial charge in [0, 0.05) is 10.9 Å². The molecule has 3 aromatic carbocycles. The van der Waals surface area contributed by atoms with Gasteiger partial charge in [-0.3, -0.25) is 0 Å². The van der Waals surface area contributed by atoms with Gasteiger partial charge in [-0.2, -0.15) is 0 Å². The van der Waals surface area contributed by atoms with Crippen LogP contribution >= 0.6 is 0 Å². The zero-order valence-electron chi connectivity index (χ0n) is 14.1. The van der Waals surface area contributed by atoms with Gasteiger partial charge < -0.3 is 9.40 Å². The highest BCUT2D eigenvalue weighted by Crippen LogP contribution is 2.39. The maximum Gasteiger partial charge on any atom is 0.160 e. The first-order chi connectivity index (χ1) is 11.5. The first-order valence-electron chi connectivity index (χ1n) is 8.38. The van der Waals surface area contributed by atoms with Crippen molar-refractivity contribution >= 4 is 43.7 Å². The summed E-state index contributed by atoms with van der Waals surface area (Å²) in [7, 11) is 0. The molecular formula is C22H19NO. The van der Waals surface area contributed by atoms with Crippen LogP contribution in [-0.2, 0) is 5.41 Å². The average Bonchev–Trinajstić information content (AvgIpc) is 3.09. The lowest BCUT2D eigenvalue weighted by atomic mass is 9.86. The molecule has 2 heteroatoms. The summed E-state index contributed by atoms with van der Waals surface area (Å²) >= 11 is 0. The highest BCUT2D eigenvalue weighted by molar-refractivity contribution is 6.22. The Kier molecular flexibility index (Phi) is 2.52. The Balaban J connectivity index is 1.96. The van der Waals surface area contributed by atoms with Crippen molar-refractivity contribution < 1.29 is 4.42 Å². The molecule has 0 unspecified atom stereocenters. The molecule has 0 radical (unpaired) electrons. The van der Waals surface area contributed by atoms with Gasteiger partial charge in [0.2, 0.25) is 0 Å². The second-order valence-corrected chi connectivity index (χ2v) is 7.60. The quantitative estimate of drug-likeness (QED) is 0.346. The van der Waals surface area contributed by atoms with Crippen LogP contribution in [0.3, 0.4) is 0 Å². The molecule has 5 aromatic rings. The number of nitrogens with one attached hydrogen (secondary N) is 1. The Labute approximate surface area is 140 Å². The fourth-order valence-corrected chi connectivity index (χ4v) is 3.62. The minimum absolute atomic E-state index is 0.122. The molecule has 118 valence electrons. The van der Waals surface area contributed by atoms with Crippen molar-refractivity contribution in [3.63, 3.8) is 0 Å². The van der Waals surface area contributed by atoms with Gasteiger partial charge in [0.15, 0.2) is 5.58 Å². The van der Waals surface area contributed by atoms with Crippen LogP contribution in [0.4, 0.5) is 0 Å². The van der Waals surface area contributed by atoms with Gasteiger partial charge in [-0.25, -0.2) is 0 Å². The van der Waals surface area contributed by atoms with E-state index in [1.165, 1.54) is 21.7 Å². The van der Waals surface area contributed by atoms with Crippen molar-refractivity contribution in [3.05, 3.63) is 60.2 Å². The molecule has 0 saturated heterocycles. The molecule has 24 heavy (non-hydrogen) atoms. The van der Waals surface area contributed by atoms with Crippen LogP contribution in [0.2, 0.25) is 0 Å². The number of aromatic nitrogens is 1. The third-order valence-electron chi connectivity index (χ3n) is 4.97. The SMILES string of the molecule is CC(C)(C)c1ccc2[nH]c3c(oc4ccc5ccccc5c43)c2c1. The van der Waals surface area contributed by atoms with Gasteiger partial charge in [-0.05, 0) is 39.9 Å². The van der Waals surface area contributed by atoms with E-state index in [2.05, 4.69) is 80.4 Å². The molecule has 0 atom stereocenters. The van der Waals surface area contributed by atoms with Crippen LogP contribution in [0.25, 0.3) is 43.7 Å². The summed E-state index contributed by atoms with van der Waals surface area (Å²) in [6.45, 7) is 6.72. The molecule has 1 N–H and O–H groups in total. The van der Waals surface area contributed by atoms with Crippen LogP contribution < -0.4 is 0 Å². The van der Waals surface area contributed by atoms with E-state index >= 15 is 0 Å². The van der Waals surface area contributed by atoms with Crippen LogP contribution in [0.1, 0.15) is 26.3 Å². The summed E-state index contributed by atoms with van der Waals surface area (Å²) in [5.41, 5.74) is 5.58. The van der Waals surface area contributed by atoms with Crippen LogP contribution in [0, 0.1) is 0 Å². The van der Waals surface area contributed by atoms with Crippen molar-refractivity contribution in [3.8, 4) is 0 Å². The second-order valence-electron chi connectivity index (χ2n) is 7.60. The van der Waals surface area contributed by atoms with E-state index in [0.717, 1.165) is 27.6 Å². The molecular weight excluding hydrogens is 294 g/mol. The molecule has 2 aromatic heterocycles. The van der Waals surface area contributed by atoms with Gasteiger partial charge in [0.05, 0.1) is 10.9 Å². The molecule has 0 aliphatic carbocycles. The smallest absolute Gasteiger partial charge is 0.160 e. The lowest BCUT2D eigenvalue weighted by Gasteiger charge is -2.18. The van der Waals surface area contributed by atoms with Crippen LogP contribution in [-0.4, -0.2) is 4.98 Å². The molecule has 0 saturated carbocycles. The molecule has 5 rings (SSSR count). The molecule has 0 fully saturated rings. The fraction of sp³-hybridized carbons (Fsp3) is 0.182. The van der Waals surface area contributed by atoms with Gasteiger partial charge in [0.25, 0.3) is 0 Å². The summed E-state index contributed by atoms with van der Waals surface area (Å²) in [5.74, 6) is 0. The molecule has 2 nitrogen and oxygen atoms in total. The molecule has 0 bridgehead atoms. The van der Waals surface area contributed by atoms with E-state index in [1.807, 2.05) is 0 Å². The summed E-state index contributed by atoms with van der Waals surface area (Å²) in [5, 5.41) is 4.81. The van der Waals surface area contributed by atoms with E-state index in [4.69, 9.17) is 4.42 Å². The lowest BCUT2D eigenvalue weighted by Crippen LogP contribution is -2.10. The minimum atomic E-state index is 0.122. The standard InChI is InChI=1S/C22H19NO/c1-22(2,3)14-9-10-17-16(12-14)21-20(23-17)19-15-7-5-4-6-13(15)8-11-18(19)24-21/h4-12,23H,1-3H3. The third kappa shape index (κ3) is 1.77. The second kappa shape index (κ2) is 4.41. The van der Waals surface area contributed by atoms with Gasteiger partial charge in [-0.15, -0.1) is 0 Å². The normalized spacial score (nSPS) is 12.8. The number of fused-ring (bicyclic) bond motifs is 7. The van der Waals surface area contributed by atoms with E-state index in [1.54, 1.807) is 0 Å². The highest BCUT2D eigenvalue weighted by atomic mass is 16.3. The Morgan fingerprint density at radius 1 is 0.875 bits per heavy atom. The number of hydrogen-bond acceptors (Lipinski definition) is 1. The Hall–Kier alpha value is -2.74. The monoisotopic (exact) mass is 313 g/mol. The number of furan rings is 1. The molecule has 0 aliphatic heterocycles. The minimum Gasteiger partial charge on any atom is -0.454 e. The number of rotatable bonds is 0. The van der Waals surface area contributed by atoms with Gasteiger partial charge in [-0.1, -0.05) is 57.2 Å². The Morgan fingerprint density at radius 2 is 1.71 bits per heavy atom. The van der Waals surface area contributed by atoms with Gasteiger partial charge >= 0.3 is 0 Å². The Bertz CT molecular complexity index is 1230. The zero-order chi connectivity index (χ0) is 16.5. The summed E-state index contributed by atoms with van der Waals surface area (Å²) in [4.78, 5) is 3.58. The predicted octanol–water partition coefficient (Wildman–Crippen LogP) is 6.52. The predicted molar refractivity (Wildman–Crippen MR) is 102 cm³/mol. The van der Waals surface area contributed by atoms with Crippen LogP contribution in [0.15, 0.2) is 59.0 Å². The van der Waals surface area contributed by atoms with Crippen molar-refractivity contribution in [2.75, 3.05) is 0 Å². The molecule has 0 aliphatic rings. The van der Waals surface area contributed by atoms with Crippen molar-refractivity contribution in [2.45, 2.75) is 26.2 Å². The van der Waals surface area contributed by atoms with Crippen molar-refractivity contribution in [1.29, 1.82) is 0 Å². The van der Waals surface area contributed by atoms with Crippen molar-refractivity contribution in [2.24, 2.45) is 0 Å². The Morgan fingerprint density at radius 3 is 2.54 bits per heavy atom. The first-order valence-corrected chi connectivity index (χ1v) is 8.38. The number of aromatic amines is 1. The summed E-state index contributed by atoms with van der Waals surface area (Å²) in [6, 6.07) is 19.3. The number of H-pyrrole nitrogens is 1. The molecule has 0 spiro atoms. The van der Waals surface area contributed by atoms with Crippen LogP contribution in [0.5, 0.6) is 0 Å². The fourth-order valence-electron chi connectivity index (χ4n) is 3.62. The van der Waals surface area contributed by atoms with E-state index in [-0.39, 0.29) is 5.41 Å². The number of hydrogen-bond donors (Lipinski definition) is 1. The highest BCUT2D eigenvalue weighted by Gasteiger charge is 2.19. The van der Waals surface area contributed by atoms with E-state index < -0.39 is 0 Å². The average molecular weight is 313 g/mol. The lowest BCUT2D eigenvalue weighted by molar-refractivity contribution is 0.591. The maximum atomic E-state index is 6.25. The zero-order valence-corrected chi connectivity index (χ0v) is 14.1. The third-order valence-corrected chi connectivity index (χ3v) is 4.97. The molecule has 0 amide bonds. The van der Waals surface area contributed by atoms with Crippen molar-refractivity contribution in [1.82, 2.24) is 4.98 Å².